The summed E-state index contributed by atoms with van der Waals surface area (Å²) < 4.78 is 0. The molecule has 110 valence electrons. The highest BCUT2D eigenvalue weighted by molar-refractivity contribution is 5.77. The number of allylic oxidation sites excluding steroid dienone is 4. The average Bonchev–Trinajstić information content (AvgIpc) is 2.76. The minimum atomic E-state index is 0.191. The predicted molar refractivity (Wildman–Crippen MR) is 94.0 cm³/mol. The highest BCUT2D eigenvalue weighted by Gasteiger charge is 2.46. The summed E-state index contributed by atoms with van der Waals surface area (Å²) in [4.78, 5) is 0. The fourth-order valence-corrected chi connectivity index (χ4v) is 4.29. The molecule has 0 N–H and O–H groups in total. The Labute approximate surface area is 133 Å². The van der Waals surface area contributed by atoms with Crippen molar-refractivity contribution in [2.24, 2.45) is 5.92 Å². The summed E-state index contributed by atoms with van der Waals surface area (Å²) in [6.45, 7) is 6.99. The van der Waals surface area contributed by atoms with Crippen molar-refractivity contribution in [3.8, 4) is 0 Å². The summed E-state index contributed by atoms with van der Waals surface area (Å²) >= 11 is 0. The molecule has 0 bridgehead atoms. The summed E-state index contributed by atoms with van der Waals surface area (Å²) in [6.07, 6.45) is 6.97. The van der Waals surface area contributed by atoms with E-state index in [-0.39, 0.29) is 5.41 Å². The second-order valence-electron chi connectivity index (χ2n) is 7.19. The summed E-state index contributed by atoms with van der Waals surface area (Å²) in [5.74, 6) is 1.03. The largest absolute Gasteiger partial charge is 0.0796 e. The van der Waals surface area contributed by atoms with Crippen molar-refractivity contribution in [1.29, 1.82) is 0 Å². The van der Waals surface area contributed by atoms with Crippen LogP contribution < -0.4 is 0 Å². The fraction of sp³-hybridized carbons (Fsp3) is 0.273. The van der Waals surface area contributed by atoms with Crippen LogP contribution in [0.2, 0.25) is 0 Å². The van der Waals surface area contributed by atoms with Crippen LogP contribution in [-0.4, -0.2) is 0 Å². The molecule has 0 aliphatic heterocycles. The molecule has 0 radical (unpaired) electrons. The van der Waals surface area contributed by atoms with Crippen LogP contribution in [0.25, 0.3) is 5.57 Å². The number of rotatable bonds is 1. The lowest BCUT2D eigenvalue weighted by Crippen LogP contribution is -2.25. The molecule has 0 spiro atoms. The maximum atomic E-state index is 2.41. The van der Waals surface area contributed by atoms with Crippen LogP contribution in [0.4, 0.5) is 0 Å². The second kappa shape index (κ2) is 4.71. The molecule has 2 atom stereocenters. The zero-order valence-corrected chi connectivity index (χ0v) is 13.5. The third kappa shape index (κ3) is 1.83. The summed E-state index contributed by atoms with van der Waals surface area (Å²) in [6, 6.07) is 17.9. The van der Waals surface area contributed by atoms with Crippen molar-refractivity contribution < 1.29 is 0 Å². The number of hydrogen-bond donors (Lipinski definition) is 0. The number of benzene rings is 2. The number of hydrogen-bond acceptors (Lipinski definition) is 0. The molecule has 0 saturated carbocycles. The Morgan fingerprint density at radius 2 is 1.73 bits per heavy atom. The third-order valence-corrected chi connectivity index (χ3v) is 5.47. The Morgan fingerprint density at radius 3 is 2.50 bits per heavy atom. The van der Waals surface area contributed by atoms with Gasteiger partial charge in [0, 0.05) is 5.92 Å². The first-order chi connectivity index (χ1) is 10.6. The van der Waals surface area contributed by atoms with Gasteiger partial charge in [0.2, 0.25) is 0 Å². The van der Waals surface area contributed by atoms with E-state index in [2.05, 4.69) is 87.5 Å². The zero-order valence-electron chi connectivity index (χ0n) is 13.5. The Balaban J connectivity index is 1.92. The molecule has 2 aliphatic carbocycles. The Kier molecular flexibility index (Phi) is 2.91. The Morgan fingerprint density at radius 1 is 0.955 bits per heavy atom. The van der Waals surface area contributed by atoms with Gasteiger partial charge < -0.3 is 0 Å². The Hall–Kier alpha value is -2.08. The van der Waals surface area contributed by atoms with Crippen molar-refractivity contribution in [1.82, 2.24) is 0 Å². The molecule has 2 aliphatic rings. The minimum absolute atomic E-state index is 0.191. The molecule has 22 heavy (non-hydrogen) atoms. The molecule has 0 aromatic heterocycles. The van der Waals surface area contributed by atoms with Crippen LogP contribution in [0, 0.1) is 12.8 Å². The summed E-state index contributed by atoms with van der Waals surface area (Å²) in [7, 11) is 0. The first-order valence-corrected chi connectivity index (χ1v) is 8.14. The van der Waals surface area contributed by atoms with Gasteiger partial charge in [0.25, 0.3) is 0 Å². The molecule has 0 saturated heterocycles. The van der Waals surface area contributed by atoms with Gasteiger partial charge in [-0.25, -0.2) is 0 Å². The smallest absolute Gasteiger partial charge is 0.0169 e. The molecule has 4 rings (SSSR count). The summed E-state index contributed by atoms with van der Waals surface area (Å²) in [5, 5.41) is 0. The molecular formula is C22H22. The first-order valence-electron chi connectivity index (χ1n) is 8.14. The normalized spacial score (nSPS) is 24.6. The van der Waals surface area contributed by atoms with E-state index in [1.54, 1.807) is 0 Å². The van der Waals surface area contributed by atoms with E-state index >= 15 is 0 Å². The van der Waals surface area contributed by atoms with Gasteiger partial charge >= 0.3 is 0 Å². The van der Waals surface area contributed by atoms with Crippen molar-refractivity contribution in [3.05, 3.63) is 89.0 Å². The maximum absolute atomic E-state index is 2.41. The van der Waals surface area contributed by atoms with E-state index in [9.17, 15) is 0 Å². The van der Waals surface area contributed by atoms with Gasteiger partial charge in [-0.15, -0.1) is 0 Å². The molecule has 0 heteroatoms. The highest BCUT2D eigenvalue weighted by atomic mass is 14.5. The van der Waals surface area contributed by atoms with Gasteiger partial charge in [0.15, 0.2) is 0 Å². The minimum Gasteiger partial charge on any atom is -0.0796 e. The summed E-state index contributed by atoms with van der Waals surface area (Å²) in [5.41, 5.74) is 7.40. The van der Waals surface area contributed by atoms with Crippen LogP contribution in [0.15, 0.2) is 66.8 Å². The van der Waals surface area contributed by atoms with Crippen LogP contribution in [0.5, 0.6) is 0 Å². The molecular weight excluding hydrogens is 264 g/mol. The van der Waals surface area contributed by atoms with E-state index in [1.165, 1.54) is 27.8 Å². The van der Waals surface area contributed by atoms with Gasteiger partial charge in [0.05, 0.1) is 0 Å². The molecule has 0 nitrogen and oxygen atoms in total. The monoisotopic (exact) mass is 286 g/mol. The van der Waals surface area contributed by atoms with Crippen LogP contribution in [0.1, 0.15) is 42.0 Å². The van der Waals surface area contributed by atoms with Gasteiger partial charge in [-0.1, -0.05) is 86.2 Å². The van der Waals surface area contributed by atoms with E-state index in [0.717, 1.165) is 0 Å². The molecule has 0 amide bonds. The van der Waals surface area contributed by atoms with E-state index < -0.39 is 0 Å². The average molecular weight is 286 g/mol. The van der Waals surface area contributed by atoms with E-state index in [4.69, 9.17) is 0 Å². The maximum Gasteiger partial charge on any atom is 0.0169 e. The van der Waals surface area contributed by atoms with Crippen molar-refractivity contribution >= 4 is 5.57 Å². The van der Waals surface area contributed by atoms with Crippen LogP contribution in [-0.2, 0) is 5.41 Å². The standard InChI is InChI=1S/C22H22/c1-15-12-13-18-20(14-15)22(2,3)19-11-7-10-17(21(18)19)16-8-5-4-6-9-16/h4-14,19,21H,1-3H3. The lowest BCUT2D eigenvalue weighted by molar-refractivity contribution is 0.399. The lowest BCUT2D eigenvalue weighted by atomic mass is 9.71. The quantitative estimate of drug-likeness (QED) is 0.636. The van der Waals surface area contributed by atoms with Gasteiger partial charge in [-0.05, 0) is 40.5 Å². The van der Waals surface area contributed by atoms with E-state index in [0.29, 0.717) is 11.8 Å². The molecule has 0 heterocycles. The zero-order chi connectivity index (χ0) is 15.3. The molecule has 2 aromatic rings. The topological polar surface area (TPSA) is 0 Å². The van der Waals surface area contributed by atoms with Crippen molar-refractivity contribution in [2.75, 3.05) is 0 Å². The van der Waals surface area contributed by atoms with E-state index in [1.807, 2.05) is 0 Å². The van der Waals surface area contributed by atoms with Crippen LogP contribution >= 0.6 is 0 Å². The molecule has 2 unspecified atom stereocenters. The van der Waals surface area contributed by atoms with Crippen molar-refractivity contribution in [2.45, 2.75) is 32.1 Å². The van der Waals surface area contributed by atoms with Crippen LogP contribution in [0.3, 0.4) is 0 Å². The molecule has 0 fully saturated rings. The van der Waals surface area contributed by atoms with Crippen molar-refractivity contribution in [3.63, 3.8) is 0 Å². The second-order valence-corrected chi connectivity index (χ2v) is 7.19. The van der Waals surface area contributed by atoms with Gasteiger partial charge in [-0.3, -0.25) is 0 Å². The number of fused-ring (bicyclic) bond motifs is 3. The Bertz CT molecular complexity index is 775. The highest BCUT2D eigenvalue weighted by Crippen LogP contribution is 2.57. The number of aryl methyl sites for hydroxylation is 1. The predicted octanol–water partition coefficient (Wildman–Crippen LogP) is 5.64. The lowest BCUT2D eigenvalue weighted by Gasteiger charge is -2.32. The molecule has 2 aromatic carbocycles. The SMILES string of the molecule is Cc1ccc2c(c1)C(C)(C)C1C=CC=C(c3ccccc3)C21. The van der Waals surface area contributed by atoms with Gasteiger partial charge in [-0.2, -0.15) is 0 Å². The van der Waals surface area contributed by atoms with Gasteiger partial charge in [0.1, 0.15) is 0 Å². The first kappa shape index (κ1) is 13.6. The fourth-order valence-electron chi connectivity index (χ4n) is 4.29. The third-order valence-electron chi connectivity index (χ3n) is 5.47.